The smallest absolute Gasteiger partial charge is 0.228 e. The minimum Gasteiger partial charge on any atom is -0.315 e. The lowest BCUT2D eigenvalue weighted by Gasteiger charge is -2.25. The molecule has 2 aromatic rings. The lowest BCUT2D eigenvalue weighted by molar-refractivity contribution is -0.118. The van der Waals surface area contributed by atoms with E-state index < -0.39 is 0 Å². The topological polar surface area (TPSA) is 40.6 Å². The van der Waals surface area contributed by atoms with Crippen LogP contribution in [-0.2, 0) is 9.59 Å². The summed E-state index contributed by atoms with van der Waals surface area (Å²) in [7, 11) is 1.76. The molecule has 0 heterocycles. The summed E-state index contributed by atoms with van der Waals surface area (Å²) in [6.45, 7) is 5.91. The summed E-state index contributed by atoms with van der Waals surface area (Å²) >= 11 is 0. The van der Waals surface area contributed by atoms with Gasteiger partial charge in [0.15, 0.2) is 0 Å². The quantitative estimate of drug-likeness (QED) is 0.841. The van der Waals surface area contributed by atoms with Crippen molar-refractivity contribution in [1.82, 2.24) is 0 Å². The van der Waals surface area contributed by atoms with Crippen LogP contribution in [0.15, 0.2) is 48.5 Å². The molecular weight excluding hydrogens is 300 g/mol. The van der Waals surface area contributed by atoms with Crippen LogP contribution in [0, 0.1) is 13.8 Å². The van der Waals surface area contributed by atoms with Gasteiger partial charge in [-0.25, -0.2) is 0 Å². The number of hydrogen-bond donors (Lipinski definition) is 0. The van der Waals surface area contributed by atoms with Crippen LogP contribution in [0.5, 0.6) is 0 Å². The van der Waals surface area contributed by atoms with Crippen LogP contribution in [0.4, 0.5) is 11.4 Å². The van der Waals surface area contributed by atoms with E-state index in [-0.39, 0.29) is 18.2 Å². The van der Waals surface area contributed by atoms with Crippen molar-refractivity contribution in [3.63, 3.8) is 0 Å². The van der Waals surface area contributed by atoms with Gasteiger partial charge in [-0.3, -0.25) is 9.59 Å². The predicted molar refractivity (Wildman–Crippen MR) is 98.4 cm³/mol. The highest BCUT2D eigenvalue weighted by atomic mass is 16.2. The van der Waals surface area contributed by atoms with Crippen LogP contribution in [0.3, 0.4) is 0 Å². The Labute approximate surface area is 143 Å². The number of aryl methyl sites for hydroxylation is 2. The number of carbonyl (C=O) groups is 2. The molecule has 0 aliphatic rings. The highest BCUT2D eigenvalue weighted by Crippen LogP contribution is 2.22. The van der Waals surface area contributed by atoms with E-state index in [0.29, 0.717) is 6.54 Å². The average Bonchev–Trinajstić information content (AvgIpc) is 2.56. The van der Waals surface area contributed by atoms with Crippen LogP contribution in [0.2, 0.25) is 0 Å². The Morgan fingerprint density at radius 3 is 2.25 bits per heavy atom. The van der Waals surface area contributed by atoms with Crippen molar-refractivity contribution in [3.8, 4) is 0 Å². The van der Waals surface area contributed by atoms with Gasteiger partial charge in [0.05, 0.1) is 0 Å². The molecule has 0 spiro atoms. The summed E-state index contributed by atoms with van der Waals surface area (Å²) < 4.78 is 0. The maximum Gasteiger partial charge on any atom is 0.228 e. The Bertz CT molecular complexity index is 726. The van der Waals surface area contributed by atoms with Gasteiger partial charge in [-0.05, 0) is 37.6 Å². The fourth-order valence-electron chi connectivity index (χ4n) is 2.73. The molecule has 4 heteroatoms. The Kier molecular flexibility index (Phi) is 5.74. The van der Waals surface area contributed by atoms with Gasteiger partial charge in [0, 0.05) is 38.3 Å². The fourth-order valence-corrected chi connectivity index (χ4v) is 2.73. The molecule has 2 amide bonds. The van der Waals surface area contributed by atoms with Crippen LogP contribution < -0.4 is 9.80 Å². The number of amides is 2. The highest BCUT2D eigenvalue weighted by Gasteiger charge is 2.17. The zero-order valence-corrected chi connectivity index (χ0v) is 14.7. The Balaban J connectivity index is 2.09. The normalized spacial score (nSPS) is 10.3. The summed E-state index contributed by atoms with van der Waals surface area (Å²) in [5, 5.41) is 0. The Morgan fingerprint density at radius 1 is 1.00 bits per heavy atom. The molecule has 126 valence electrons. The van der Waals surface area contributed by atoms with Gasteiger partial charge < -0.3 is 9.80 Å². The number of anilines is 2. The Morgan fingerprint density at radius 2 is 1.67 bits per heavy atom. The van der Waals surface area contributed by atoms with Crippen molar-refractivity contribution in [2.75, 3.05) is 23.4 Å². The van der Waals surface area contributed by atoms with Crippen molar-refractivity contribution < 1.29 is 9.59 Å². The van der Waals surface area contributed by atoms with Crippen LogP contribution in [0.25, 0.3) is 0 Å². The fraction of sp³-hybridized carbons (Fsp3) is 0.300. The van der Waals surface area contributed by atoms with E-state index in [1.807, 2.05) is 62.4 Å². The predicted octanol–water partition coefficient (Wildman–Crippen LogP) is 3.71. The zero-order chi connectivity index (χ0) is 17.7. The van der Waals surface area contributed by atoms with Crippen molar-refractivity contribution in [2.24, 2.45) is 0 Å². The third-order valence-corrected chi connectivity index (χ3v) is 4.09. The zero-order valence-electron chi connectivity index (χ0n) is 14.7. The van der Waals surface area contributed by atoms with Crippen molar-refractivity contribution in [1.29, 1.82) is 0 Å². The first-order chi connectivity index (χ1) is 11.4. The number of benzene rings is 2. The van der Waals surface area contributed by atoms with E-state index in [1.54, 1.807) is 16.8 Å². The molecule has 0 aliphatic carbocycles. The molecule has 0 unspecified atom stereocenters. The third-order valence-electron chi connectivity index (χ3n) is 4.09. The summed E-state index contributed by atoms with van der Waals surface area (Å²) in [4.78, 5) is 27.8. The standard InChI is InChI=1S/C20H24N2O2/c1-15-10-11-19(16(2)14-15)22(17(3)23)13-12-20(24)21(4)18-8-6-5-7-9-18/h5-11,14H,12-13H2,1-4H3. The molecule has 2 aromatic carbocycles. The molecule has 0 N–H and O–H groups in total. The largest absolute Gasteiger partial charge is 0.315 e. The van der Waals surface area contributed by atoms with E-state index in [0.717, 1.165) is 22.5 Å². The minimum absolute atomic E-state index is 0.0165. The van der Waals surface area contributed by atoms with Gasteiger partial charge in [0.1, 0.15) is 0 Å². The van der Waals surface area contributed by atoms with Gasteiger partial charge >= 0.3 is 0 Å². The van der Waals surface area contributed by atoms with Gasteiger partial charge in [-0.1, -0.05) is 35.9 Å². The molecule has 0 atom stereocenters. The maximum absolute atomic E-state index is 12.4. The number of nitrogens with zero attached hydrogens (tertiary/aromatic N) is 2. The Hall–Kier alpha value is -2.62. The molecule has 24 heavy (non-hydrogen) atoms. The minimum atomic E-state index is -0.0582. The summed E-state index contributed by atoms with van der Waals surface area (Å²) in [6, 6.07) is 15.5. The van der Waals surface area contributed by atoms with E-state index in [1.165, 1.54) is 6.92 Å². The first-order valence-electron chi connectivity index (χ1n) is 8.07. The summed E-state index contributed by atoms with van der Waals surface area (Å²) in [6.07, 6.45) is 0.276. The SMILES string of the molecule is CC(=O)N(CCC(=O)N(C)c1ccccc1)c1ccc(C)cc1C. The van der Waals surface area contributed by atoms with Gasteiger partial charge in [0.25, 0.3) is 0 Å². The van der Waals surface area contributed by atoms with Gasteiger partial charge in [0.2, 0.25) is 11.8 Å². The molecule has 0 radical (unpaired) electrons. The molecule has 0 aromatic heterocycles. The van der Waals surface area contributed by atoms with Crippen molar-refractivity contribution >= 4 is 23.2 Å². The molecule has 0 fully saturated rings. The summed E-state index contributed by atoms with van der Waals surface area (Å²) in [5.41, 5.74) is 3.90. The second-order valence-electron chi connectivity index (χ2n) is 6.00. The number of hydrogen-bond acceptors (Lipinski definition) is 2. The highest BCUT2D eigenvalue weighted by molar-refractivity contribution is 5.96. The van der Waals surface area contributed by atoms with E-state index in [2.05, 4.69) is 0 Å². The first-order valence-corrected chi connectivity index (χ1v) is 8.07. The lowest BCUT2D eigenvalue weighted by Crippen LogP contribution is -2.35. The van der Waals surface area contributed by atoms with E-state index in [4.69, 9.17) is 0 Å². The third kappa shape index (κ3) is 4.22. The second kappa shape index (κ2) is 7.77. The number of rotatable bonds is 5. The van der Waals surface area contributed by atoms with Crippen molar-refractivity contribution in [2.45, 2.75) is 27.2 Å². The van der Waals surface area contributed by atoms with Crippen LogP contribution >= 0.6 is 0 Å². The second-order valence-corrected chi connectivity index (χ2v) is 6.00. The van der Waals surface area contributed by atoms with Gasteiger partial charge in [-0.15, -0.1) is 0 Å². The molecular formula is C20H24N2O2. The van der Waals surface area contributed by atoms with E-state index >= 15 is 0 Å². The monoisotopic (exact) mass is 324 g/mol. The molecule has 4 nitrogen and oxygen atoms in total. The van der Waals surface area contributed by atoms with Crippen LogP contribution in [-0.4, -0.2) is 25.4 Å². The lowest BCUT2D eigenvalue weighted by atomic mass is 10.1. The molecule has 0 bridgehead atoms. The maximum atomic E-state index is 12.4. The van der Waals surface area contributed by atoms with Crippen LogP contribution in [0.1, 0.15) is 24.5 Å². The molecule has 0 saturated heterocycles. The van der Waals surface area contributed by atoms with E-state index in [9.17, 15) is 9.59 Å². The molecule has 2 rings (SSSR count). The molecule has 0 aliphatic heterocycles. The average molecular weight is 324 g/mol. The number of carbonyl (C=O) groups excluding carboxylic acids is 2. The molecule has 0 saturated carbocycles. The first kappa shape index (κ1) is 17.7. The summed E-state index contributed by atoms with van der Waals surface area (Å²) in [5.74, 6) is -0.0747. The van der Waals surface area contributed by atoms with Gasteiger partial charge in [-0.2, -0.15) is 0 Å². The van der Waals surface area contributed by atoms with Crippen molar-refractivity contribution in [3.05, 3.63) is 59.7 Å². The number of para-hydroxylation sites is 1.